The highest BCUT2D eigenvalue weighted by atomic mass is 32.1. The minimum absolute atomic E-state index is 0.349. The zero-order valence-electron chi connectivity index (χ0n) is 40.7. The zero-order chi connectivity index (χ0) is 49.6. The van der Waals surface area contributed by atoms with Crippen molar-refractivity contribution in [1.29, 1.82) is 0 Å². The molecule has 1 spiro atoms. The molecule has 0 saturated heterocycles. The number of benzene rings is 11. The molecule has 2 aliphatic carbocycles. The van der Waals surface area contributed by atoms with Gasteiger partial charge in [0.15, 0.2) is 5.84 Å². The van der Waals surface area contributed by atoms with Gasteiger partial charge in [-0.05, 0) is 126 Å². The van der Waals surface area contributed by atoms with Crippen molar-refractivity contribution in [3.8, 4) is 55.6 Å². The van der Waals surface area contributed by atoms with Gasteiger partial charge < -0.3 is 10.2 Å². The number of fused-ring (bicyclic) bond motifs is 16. The molecule has 2 heterocycles. The number of furan rings is 1. The highest BCUT2D eigenvalue weighted by Gasteiger charge is 2.51. The molecule has 352 valence electrons. The quantitative estimate of drug-likeness (QED) is 0.128. The van der Waals surface area contributed by atoms with Gasteiger partial charge in [0.1, 0.15) is 17.0 Å². The largest absolute Gasteiger partial charge is 0.456 e. The summed E-state index contributed by atoms with van der Waals surface area (Å²) in [6, 6.07) is 89.4. The molecule has 0 unspecified atom stereocenters. The summed E-state index contributed by atoms with van der Waals surface area (Å²) in [4.78, 5) is 10.5. The fraction of sp³-hybridized carbons (Fsp3) is 0.0286. The van der Waals surface area contributed by atoms with Crippen LogP contribution in [0.1, 0.15) is 38.9 Å². The van der Waals surface area contributed by atoms with Crippen LogP contribution in [-0.2, 0) is 12.0 Å². The van der Waals surface area contributed by atoms with Gasteiger partial charge in [-0.2, -0.15) is 0 Å². The Bertz CT molecular complexity index is 4470. The van der Waals surface area contributed by atoms with Gasteiger partial charge in [0.05, 0.1) is 12.0 Å². The molecular formula is C70H45N3OS. The summed E-state index contributed by atoms with van der Waals surface area (Å²) in [7, 11) is 0. The number of thiophene rings is 1. The van der Waals surface area contributed by atoms with Crippen LogP contribution in [0, 0.1) is 0 Å². The average molecular weight is 976 g/mol. The number of rotatable bonds is 7. The van der Waals surface area contributed by atoms with Crippen LogP contribution in [0.5, 0.6) is 0 Å². The van der Waals surface area contributed by atoms with Gasteiger partial charge in [0.2, 0.25) is 0 Å². The van der Waals surface area contributed by atoms with E-state index in [0.29, 0.717) is 18.2 Å². The van der Waals surface area contributed by atoms with E-state index in [1.165, 1.54) is 71.1 Å². The maximum atomic E-state index is 7.05. The Morgan fingerprint density at radius 2 is 0.987 bits per heavy atom. The van der Waals surface area contributed by atoms with Gasteiger partial charge in [0.25, 0.3) is 0 Å². The first kappa shape index (κ1) is 43.2. The monoisotopic (exact) mass is 975 g/mol. The molecule has 15 rings (SSSR count). The second-order valence-corrected chi connectivity index (χ2v) is 20.7. The lowest BCUT2D eigenvalue weighted by atomic mass is 9.70. The predicted molar refractivity (Wildman–Crippen MR) is 313 cm³/mol. The SMILES string of the molecule is NC(=NC(=NCc1cccc2oc3ccc(-c4ccc(-c5ccc6c(c5)-c5ccccc5C65c6ccccc6-c6ccccc65)cc4)cc3c12)c1cccc(-c2ccccc2)c1)c1cccc2c1sc1ccccc12. The predicted octanol–water partition coefficient (Wildman–Crippen LogP) is 17.7. The first-order valence-electron chi connectivity index (χ1n) is 25.5. The van der Waals surface area contributed by atoms with Crippen LogP contribution in [0.25, 0.3) is 97.7 Å². The van der Waals surface area contributed by atoms with Crippen molar-refractivity contribution in [2.24, 2.45) is 15.7 Å². The summed E-state index contributed by atoms with van der Waals surface area (Å²) < 4.78 is 8.88. The molecule has 2 aliphatic rings. The Balaban J connectivity index is 0.786. The van der Waals surface area contributed by atoms with Crippen LogP contribution < -0.4 is 5.73 Å². The second-order valence-electron chi connectivity index (χ2n) is 19.7. The fourth-order valence-electron chi connectivity index (χ4n) is 12.3. The van der Waals surface area contributed by atoms with Crippen LogP contribution in [0.15, 0.2) is 263 Å². The number of hydrogen-bond donors (Lipinski definition) is 1. The van der Waals surface area contributed by atoms with Crippen molar-refractivity contribution >= 4 is 65.1 Å². The van der Waals surface area contributed by atoms with Crippen molar-refractivity contribution < 1.29 is 4.42 Å². The summed E-state index contributed by atoms with van der Waals surface area (Å²) in [5.74, 6) is 0.991. The fourth-order valence-corrected chi connectivity index (χ4v) is 13.5. The second kappa shape index (κ2) is 17.1. The van der Waals surface area contributed by atoms with Crippen LogP contribution in [0.2, 0.25) is 0 Å². The number of amidine groups is 2. The van der Waals surface area contributed by atoms with E-state index in [-0.39, 0.29) is 5.41 Å². The van der Waals surface area contributed by atoms with Crippen LogP contribution in [0.3, 0.4) is 0 Å². The lowest BCUT2D eigenvalue weighted by Crippen LogP contribution is -2.25. The van der Waals surface area contributed by atoms with Crippen LogP contribution >= 0.6 is 11.3 Å². The first-order valence-corrected chi connectivity index (χ1v) is 26.3. The van der Waals surface area contributed by atoms with E-state index < -0.39 is 0 Å². The lowest BCUT2D eigenvalue weighted by molar-refractivity contribution is 0.668. The Morgan fingerprint density at radius 1 is 0.427 bits per heavy atom. The van der Waals surface area contributed by atoms with Gasteiger partial charge in [-0.1, -0.05) is 206 Å². The average Bonchev–Trinajstić information content (AvgIpc) is 4.39. The highest BCUT2D eigenvalue weighted by molar-refractivity contribution is 7.26. The molecule has 5 heteroatoms. The molecule has 0 bridgehead atoms. The molecule has 0 saturated carbocycles. The molecule has 0 aliphatic heterocycles. The third-order valence-electron chi connectivity index (χ3n) is 15.7. The minimum atomic E-state index is -0.349. The van der Waals surface area contributed by atoms with E-state index in [1.54, 1.807) is 11.3 Å². The van der Waals surface area contributed by atoms with Crippen LogP contribution in [-0.4, -0.2) is 11.7 Å². The topological polar surface area (TPSA) is 63.9 Å². The summed E-state index contributed by atoms with van der Waals surface area (Å²) in [5.41, 5.74) is 28.7. The van der Waals surface area contributed by atoms with Gasteiger partial charge in [-0.25, -0.2) is 4.99 Å². The van der Waals surface area contributed by atoms with E-state index in [2.05, 4.69) is 231 Å². The van der Waals surface area contributed by atoms with Crippen molar-refractivity contribution in [3.63, 3.8) is 0 Å². The molecular weight excluding hydrogens is 931 g/mol. The Morgan fingerprint density at radius 3 is 1.75 bits per heavy atom. The van der Waals surface area contributed by atoms with E-state index in [0.717, 1.165) is 65.6 Å². The summed E-state index contributed by atoms with van der Waals surface area (Å²) >= 11 is 1.74. The van der Waals surface area contributed by atoms with Crippen molar-refractivity contribution in [1.82, 2.24) is 0 Å². The van der Waals surface area contributed by atoms with Gasteiger partial charge in [0, 0.05) is 42.1 Å². The van der Waals surface area contributed by atoms with Crippen LogP contribution in [0.4, 0.5) is 0 Å². The Labute approximate surface area is 438 Å². The van der Waals surface area contributed by atoms with Crippen molar-refractivity contribution in [3.05, 3.63) is 288 Å². The highest BCUT2D eigenvalue weighted by Crippen LogP contribution is 2.63. The molecule has 0 radical (unpaired) electrons. The standard InChI is InChI=1S/C70H45N3OS/c71-68(56-25-14-24-55-54-23-7-11-30-65(54)75-67(55)56)73-69(49-18-12-17-46(39-49)43-15-2-1-3-16-43)72-42-50-19-13-29-64-66(50)58-41-48(36-38-63(58)74-64)45-33-31-44(32-34-45)47-35-37-62-57(40-47)53-22-6-10-28-61(53)70(62)59-26-8-4-20-51(59)52-21-5-9-27-60(52)70/h1-41H,42H2,(H2,71,72,73). The molecule has 0 amide bonds. The Kier molecular flexibility index (Phi) is 9.84. The minimum Gasteiger partial charge on any atom is -0.456 e. The van der Waals surface area contributed by atoms with Gasteiger partial charge >= 0.3 is 0 Å². The van der Waals surface area contributed by atoms with E-state index >= 15 is 0 Å². The molecule has 2 aromatic heterocycles. The molecule has 2 N–H and O–H groups in total. The zero-order valence-corrected chi connectivity index (χ0v) is 41.5. The number of aliphatic imine (C=N–C) groups is 2. The smallest absolute Gasteiger partial charge is 0.157 e. The summed E-state index contributed by atoms with van der Waals surface area (Å²) in [5, 5.41) is 4.48. The molecule has 0 fully saturated rings. The third kappa shape index (κ3) is 6.75. The van der Waals surface area contributed by atoms with Gasteiger partial charge in [-0.3, -0.25) is 4.99 Å². The number of nitrogens with two attached hydrogens (primary N) is 1. The maximum absolute atomic E-state index is 7.05. The van der Waals surface area contributed by atoms with Crippen molar-refractivity contribution in [2.75, 3.05) is 0 Å². The number of nitrogens with zero attached hydrogens (tertiary/aromatic N) is 2. The van der Waals surface area contributed by atoms with Crippen molar-refractivity contribution in [2.45, 2.75) is 12.0 Å². The van der Waals surface area contributed by atoms with E-state index in [1.807, 2.05) is 18.2 Å². The summed E-state index contributed by atoms with van der Waals surface area (Å²) in [6.45, 7) is 0.366. The maximum Gasteiger partial charge on any atom is 0.157 e. The van der Waals surface area contributed by atoms with E-state index in [4.69, 9.17) is 20.1 Å². The first-order chi connectivity index (χ1) is 37.1. The molecule has 13 aromatic rings. The van der Waals surface area contributed by atoms with Gasteiger partial charge in [-0.15, -0.1) is 11.3 Å². The van der Waals surface area contributed by atoms with E-state index in [9.17, 15) is 0 Å². The summed E-state index contributed by atoms with van der Waals surface area (Å²) in [6.07, 6.45) is 0. The molecule has 0 atom stereocenters. The normalized spacial score (nSPS) is 13.4. The molecule has 11 aromatic carbocycles. The number of hydrogen-bond acceptors (Lipinski definition) is 3. The Hall–Kier alpha value is -9.42. The molecule has 75 heavy (non-hydrogen) atoms. The molecule has 4 nitrogen and oxygen atoms in total. The third-order valence-corrected chi connectivity index (χ3v) is 16.9. The lowest BCUT2D eigenvalue weighted by Gasteiger charge is -2.30.